The molecule has 8 nitrogen and oxygen atoms in total. The topological polar surface area (TPSA) is 80.3 Å². The molecule has 0 aliphatic rings. The van der Waals surface area contributed by atoms with E-state index in [1.54, 1.807) is 17.8 Å². The van der Waals surface area contributed by atoms with E-state index in [2.05, 4.69) is 56.1 Å². The van der Waals surface area contributed by atoms with Gasteiger partial charge in [0.05, 0.1) is 18.7 Å². The van der Waals surface area contributed by atoms with Crippen LogP contribution in [0.2, 0.25) is 18.1 Å². The van der Waals surface area contributed by atoms with E-state index in [1.165, 1.54) is 11.3 Å². The van der Waals surface area contributed by atoms with Gasteiger partial charge in [0.2, 0.25) is 13.3 Å². The molecule has 6 aromatic rings. The number of rotatable bonds is 10. The van der Waals surface area contributed by atoms with Crippen LogP contribution in [0, 0.1) is 0 Å². The maximum atomic E-state index is 6.68. The maximum Gasteiger partial charge on any atom is 0.294 e. The van der Waals surface area contributed by atoms with Crippen LogP contribution in [-0.2, 0) is 13.2 Å². The van der Waals surface area contributed by atoms with E-state index >= 15 is 0 Å². The second kappa shape index (κ2) is 11.4. The van der Waals surface area contributed by atoms with Crippen LogP contribution in [0.15, 0.2) is 83.4 Å². The van der Waals surface area contributed by atoms with E-state index in [9.17, 15) is 0 Å². The van der Waals surface area contributed by atoms with Crippen molar-refractivity contribution in [3.8, 4) is 33.9 Å². The minimum atomic E-state index is -2.12. The largest absolute Gasteiger partial charge is 0.543 e. The quantitative estimate of drug-likeness (QED) is 0.143. The zero-order valence-electron chi connectivity index (χ0n) is 25.2. The van der Waals surface area contributed by atoms with Crippen molar-refractivity contribution in [1.29, 1.82) is 0 Å². The monoisotopic (exact) mass is 613 g/mol. The third-order valence-electron chi connectivity index (χ3n) is 7.79. The molecular formula is C33H35N3O5SSi. The van der Waals surface area contributed by atoms with Gasteiger partial charge in [-0.1, -0.05) is 63.2 Å². The lowest BCUT2D eigenvalue weighted by atomic mass is 10.2. The van der Waals surface area contributed by atoms with Crippen molar-refractivity contribution in [2.45, 2.75) is 52.1 Å². The zero-order valence-corrected chi connectivity index (χ0v) is 27.0. The molecule has 0 atom stereocenters. The van der Waals surface area contributed by atoms with Gasteiger partial charge in [-0.3, -0.25) is 0 Å². The Morgan fingerprint density at radius 3 is 2.42 bits per heavy atom. The number of imidazole rings is 1. The summed E-state index contributed by atoms with van der Waals surface area (Å²) in [5.41, 5.74) is 3.50. The Morgan fingerprint density at radius 2 is 1.65 bits per heavy atom. The van der Waals surface area contributed by atoms with Crippen molar-refractivity contribution in [3.05, 3.63) is 90.1 Å². The minimum Gasteiger partial charge on any atom is -0.543 e. The van der Waals surface area contributed by atoms with Gasteiger partial charge in [-0.2, -0.15) is 4.52 Å². The molecule has 222 valence electrons. The highest BCUT2D eigenvalue weighted by atomic mass is 32.1. The van der Waals surface area contributed by atoms with Gasteiger partial charge in [0.1, 0.15) is 41.7 Å². The Morgan fingerprint density at radius 1 is 0.884 bits per heavy atom. The number of hydrogen-bond acceptors (Lipinski definition) is 8. The SMILES string of the molecule is COc1nn2c(-c3cc4c(OCc5cccc(OCc6ccccc6)c5)cc(O[Si](C)(C)C(C)(C)C)cc4o3)cnc2s1. The molecule has 0 amide bonds. The van der Waals surface area contributed by atoms with Gasteiger partial charge >= 0.3 is 0 Å². The van der Waals surface area contributed by atoms with Gasteiger partial charge in [-0.15, -0.1) is 5.10 Å². The van der Waals surface area contributed by atoms with Crippen LogP contribution in [0.1, 0.15) is 31.9 Å². The molecule has 43 heavy (non-hydrogen) atoms. The summed E-state index contributed by atoms with van der Waals surface area (Å²) < 4.78 is 32.6. The fourth-order valence-electron chi connectivity index (χ4n) is 4.39. The maximum absolute atomic E-state index is 6.68. The lowest BCUT2D eigenvalue weighted by molar-refractivity contribution is 0.297. The third-order valence-corrected chi connectivity index (χ3v) is 13.0. The van der Waals surface area contributed by atoms with Gasteiger partial charge in [0.25, 0.3) is 5.19 Å². The first-order valence-electron chi connectivity index (χ1n) is 14.1. The highest BCUT2D eigenvalue weighted by molar-refractivity contribution is 7.18. The first kappa shape index (κ1) is 28.8. The Labute approximate surface area is 255 Å². The first-order chi connectivity index (χ1) is 20.6. The highest BCUT2D eigenvalue weighted by Crippen LogP contribution is 2.42. The second-order valence-corrected chi connectivity index (χ2v) is 17.6. The van der Waals surface area contributed by atoms with Crippen molar-refractivity contribution in [1.82, 2.24) is 14.6 Å². The molecule has 3 aromatic carbocycles. The summed E-state index contributed by atoms with van der Waals surface area (Å²) in [6.45, 7) is 12.0. The molecular weight excluding hydrogens is 579 g/mol. The van der Waals surface area contributed by atoms with E-state index in [0.717, 1.165) is 38.7 Å². The molecule has 0 bridgehead atoms. The van der Waals surface area contributed by atoms with Gasteiger partial charge < -0.3 is 23.1 Å². The van der Waals surface area contributed by atoms with E-state index < -0.39 is 8.32 Å². The molecule has 0 fully saturated rings. The fourth-order valence-corrected chi connectivity index (χ4v) is 6.09. The van der Waals surface area contributed by atoms with E-state index in [-0.39, 0.29) is 5.04 Å². The second-order valence-electron chi connectivity index (χ2n) is 11.9. The van der Waals surface area contributed by atoms with Gasteiger partial charge in [0.15, 0.2) is 5.76 Å². The minimum absolute atomic E-state index is 0.0321. The Balaban J connectivity index is 1.31. The number of furan rings is 1. The molecule has 0 aliphatic heterocycles. The average Bonchev–Trinajstić information content (AvgIpc) is 3.69. The highest BCUT2D eigenvalue weighted by Gasteiger charge is 2.39. The molecule has 0 saturated heterocycles. The summed E-state index contributed by atoms with van der Waals surface area (Å²) in [5.74, 6) is 2.82. The lowest BCUT2D eigenvalue weighted by Crippen LogP contribution is -2.43. The molecule has 0 unspecified atom stereocenters. The Hall–Kier alpha value is -4.28. The van der Waals surface area contributed by atoms with Gasteiger partial charge in [0, 0.05) is 12.1 Å². The number of methoxy groups -OCH3 is 1. The van der Waals surface area contributed by atoms with Crippen LogP contribution >= 0.6 is 11.3 Å². The van der Waals surface area contributed by atoms with E-state index in [4.69, 9.17) is 23.1 Å². The zero-order chi connectivity index (χ0) is 30.2. The van der Waals surface area contributed by atoms with Gasteiger partial charge in [-0.25, -0.2) is 4.98 Å². The van der Waals surface area contributed by atoms with Crippen LogP contribution < -0.4 is 18.6 Å². The first-order valence-corrected chi connectivity index (χ1v) is 17.9. The van der Waals surface area contributed by atoms with E-state index in [0.29, 0.717) is 35.5 Å². The average molecular weight is 614 g/mol. The van der Waals surface area contributed by atoms with Crippen LogP contribution in [0.5, 0.6) is 22.4 Å². The van der Waals surface area contributed by atoms with E-state index in [1.807, 2.05) is 60.7 Å². The predicted octanol–water partition coefficient (Wildman–Crippen LogP) is 8.75. The van der Waals surface area contributed by atoms with Crippen molar-refractivity contribution in [2.75, 3.05) is 7.11 Å². The van der Waals surface area contributed by atoms with Crippen LogP contribution in [-0.4, -0.2) is 30.0 Å². The Kier molecular flexibility index (Phi) is 7.66. The number of nitrogens with zero attached hydrogens (tertiary/aromatic N) is 3. The smallest absolute Gasteiger partial charge is 0.294 e. The molecule has 3 aromatic heterocycles. The molecule has 6 rings (SSSR count). The summed E-state index contributed by atoms with van der Waals surface area (Å²) in [4.78, 5) is 5.21. The number of ether oxygens (including phenoxy) is 3. The standard InChI is InChI=1S/C33H35N3O5SSi/c1-33(2,3)43(5,6)41-25-16-28(39-21-23-13-10-14-24(15-23)38-20-22-11-8-7-9-12-22)26-18-30(40-29(26)17-25)27-19-34-31-36(27)35-32(37-4)42-31/h7-19H,20-21H2,1-6H3. The third kappa shape index (κ3) is 6.11. The molecule has 0 radical (unpaired) electrons. The molecule has 3 heterocycles. The van der Waals surface area contributed by atoms with Crippen molar-refractivity contribution >= 4 is 35.6 Å². The van der Waals surface area contributed by atoms with Crippen LogP contribution in [0.4, 0.5) is 0 Å². The number of hydrogen-bond donors (Lipinski definition) is 0. The summed E-state index contributed by atoms with van der Waals surface area (Å²) >= 11 is 1.37. The number of aromatic nitrogens is 3. The summed E-state index contributed by atoms with van der Waals surface area (Å²) in [6, 6.07) is 24.0. The molecule has 0 aliphatic carbocycles. The van der Waals surface area contributed by atoms with Crippen LogP contribution in [0.25, 0.3) is 27.4 Å². The van der Waals surface area contributed by atoms with Gasteiger partial charge in [-0.05, 0) is 58.8 Å². The van der Waals surface area contributed by atoms with Crippen molar-refractivity contribution in [3.63, 3.8) is 0 Å². The van der Waals surface area contributed by atoms with Crippen molar-refractivity contribution < 1.29 is 23.1 Å². The molecule has 0 spiro atoms. The van der Waals surface area contributed by atoms with Crippen LogP contribution in [0.3, 0.4) is 0 Å². The lowest BCUT2D eigenvalue weighted by Gasteiger charge is -2.36. The fraction of sp³-hybridized carbons (Fsp3) is 0.273. The molecule has 0 N–H and O–H groups in total. The summed E-state index contributed by atoms with van der Waals surface area (Å²) in [7, 11) is -0.527. The predicted molar refractivity (Wildman–Crippen MR) is 172 cm³/mol. The molecule has 10 heteroatoms. The normalized spacial score (nSPS) is 12.1. The van der Waals surface area contributed by atoms with Crippen molar-refractivity contribution in [2.24, 2.45) is 0 Å². The number of benzene rings is 3. The Bertz CT molecular complexity index is 1870. The number of fused-ring (bicyclic) bond motifs is 2. The summed E-state index contributed by atoms with van der Waals surface area (Å²) in [6.07, 6.45) is 1.75. The summed E-state index contributed by atoms with van der Waals surface area (Å²) in [5, 5.41) is 5.90. The molecule has 0 saturated carbocycles.